The summed E-state index contributed by atoms with van der Waals surface area (Å²) < 4.78 is 24.9. The molecule has 0 spiro atoms. The van der Waals surface area contributed by atoms with Gasteiger partial charge in [-0.15, -0.1) is 0 Å². The molecule has 1 atom stereocenters. The second-order valence-electron chi connectivity index (χ2n) is 6.56. The van der Waals surface area contributed by atoms with E-state index in [0.29, 0.717) is 37.8 Å². The number of nitrogens with one attached hydrogen (secondary N) is 2. The average molecular weight is 416 g/mol. The number of aliphatic imine (C=N–C) groups is 1. The monoisotopic (exact) mass is 416 g/mol. The zero-order valence-electron chi connectivity index (χ0n) is 17.4. The zero-order chi connectivity index (χ0) is 21.8. The van der Waals surface area contributed by atoms with Gasteiger partial charge in [-0.1, -0.05) is 31.2 Å². The number of amides is 1. The van der Waals surface area contributed by atoms with E-state index in [1.165, 1.54) is 6.07 Å². The van der Waals surface area contributed by atoms with Crippen LogP contribution in [0.5, 0.6) is 11.5 Å². The molecule has 8 heteroatoms. The Morgan fingerprint density at radius 2 is 1.97 bits per heavy atom. The molecule has 4 N–H and O–H groups in total. The van der Waals surface area contributed by atoms with Crippen LogP contribution in [-0.2, 0) is 11.3 Å². The highest BCUT2D eigenvalue weighted by Crippen LogP contribution is 2.18. The fourth-order valence-corrected chi connectivity index (χ4v) is 2.60. The smallest absolute Gasteiger partial charge is 0.255 e. The first-order valence-corrected chi connectivity index (χ1v) is 9.95. The van der Waals surface area contributed by atoms with Gasteiger partial charge in [-0.05, 0) is 43.2 Å². The molecular formula is C22H29FN4O3. The molecule has 0 saturated heterocycles. The van der Waals surface area contributed by atoms with Gasteiger partial charge in [0, 0.05) is 6.54 Å². The molecule has 7 nitrogen and oxygen atoms in total. The van der Waals surface area contributed by atoms with Crippen molar-refractivity contribution in [3.05, 3.63) is 59.9 Å². The van der Waals surface area contributed by atoms with Crippen molar-refractivity contribution in [3.63, 3.8) is 0 Å². The van der Waals surface area contributed by atoms with Gasteiger partial charge in [0.25, 0.3) is 5.91 Å². The lowest BCUT2D eigenvalue weighted by Gasteiger charge is -2.20. The van der Waals surface area contributed by atoms with Crippen molar-refractivity contribution < 1.29 is 18.7 Å². The maximum Gasteiger partial charge on any atom is 0.255 e. The molecule has 0 heterocycles. The Labute approximate surface area is 176 Å². The lowest BCUT2D eigenvalue weighted by Crippen LogP contribution is -2.42. The average Bonchev–Trinajstić information content (AvgIpc) is 2.74. The summed E-state index contributed by atoms with van der Waals surface area (Å²) >= 11 is 0. The van der Waals surface area contributed by atoms with Gasteiger partial charge in [-0.3, -0.25) is 4.79 Å². The molecule has 1 amide bonds. The molecule has 30 heavy (non-hydrogen) atoms. The molecule has 2 aromatic rings. The molecule has 0 radical (unpaired) electrons. The summed E-state index contributed by atoms with van der Waals surface area (Å²) in [7, 11) is 0. The number of benzene rings is 2. The Bertz CT molecular complexity index is 845. The van der Waals surface area contributed by atoms with Crippen molar-refractivity contribution in [2.24, 2.45) is 10.7 Å². The predicted molar refractivity (Wildman–Crippen MR) is 115 cm³/mol. The van der Waals surface area contributed by atoms with E-state index in [2.05, 4.69) is 15.6 Å². The largest absolute Gasteiger partial charge is 0.486 e. The second kappa shape index (κ2) is 12.3. The van der Waals surface area contributed by atoms with Gasteiger partial charge in [0.1, 0.15) is 11.9 Å². The van der Waals surface area contributed by atoms with Crippen molar-refractivity contribution >= 4 is 11.9 Å². The van der Waals surface area contributed by atoms with Crippen LogP contribution in [0.15, 0.2) is 53.5 Å². The molecule has 2 aromatic carbocycles. The number of rotatable bonds is 11. The van der Waals surface area contributed by atoms with Crippen LogP contribution in [0.2, 0.25) is 0 Å². The fraction of sp³-hybridized carbons (Fsp3) is 0.364. The molecule has 0 aromatic heterocycles. The molecule has 0 aliphatic rings. The first-order chi connectivity index (χ1) is 14.5. The van der Waals surface area contributed by atoms with Crippen LogP contribution in [0.25, 0.3) is 0 Å². The number of para-hydroxylation sites is 1. The number of halogens is 1. The molecule has 0 aliphatic heterocycles. The Morgan fingerprint density at radius 3 is 2.67 bits per heavy atom. The van der Waals surface area contributed by atoms with E-state index >= 15 is 0 Å². The van der Waals surface area contributed by atoms with Gasteiger partial charge in [0.2, 0.25) is 0 Å². The Hall–Kier alpha value is -3.29. The van der Waals surface area contributed by atoms with E-state index in [4.69, 9.17) is 15.2 Å². The summed E-state index contributed by atoms with van der Waals surface area (Å²) in [5.74, 6) is 0.510. The SMILES string of the molecule is CCNC(=NCc1cccc(OCC(N)=O)c1)NCC(CC)Oc1ccccc1F. The van der Waals surface area contributed by atoms with Crippen LogP contribution in [0.1, 0.15) is 25.8 Å². The number of nitrogens with zero attached hydrogens (tertiary/aromatic N) is 1. The third-order valence-corrected chi connectivity index (χ3v) is 4.13. The van der Waals surface area contributed by atoms with Gasteiger partial charge >= 0.3 is 0 Å². The van der Waals surface area contributed by atoms with Crippen LogP contribution >= 0.6 is 0 Å². The number of nitrogens with two attached hydrogens (primary N) is 1. The minimum Gasteiger partial charge on any atom is -0.486 e. The standard InChI is InChI=1S/C22H29FN4O3/c1-3-17(30-20-11-6-5-10-19(20)23)14-27-22(25-4-2)26-13-16-8-7-9-18(12-16)29-15-21(24)28/h5-12,17H,3-4,13-15H2,1-2H3,(H2,24,28)(H2,25,26,27). The van der Waals surface area contributed by atoms with Crippen molar-refractivity contribution in [1.82, 2.24) is 10.6 Å². The highest BCUT2D eigenvalue weighted by atomic mass is 19.1. The van der Waals surface area contributed by atoms with E-state index in [0.717, 1.165) is 5.56 Å². The summed E-state index contributed by atoms with van der Waals surface area (Å²) in [5, 5.41) is 6.41. The van der Waals surface area contributed by atoms with Crippen molar-refractivity contribution in [2.45, 2.75) is 32.9 Å². The van der Waals surface area contributed by atoms with Crippen molar-refractivity contribution in [1.29, 1.82) is 0 Å². The molecule has 0 aliphatic carbocycles. The first-order valence-electron chi connectivity index (χ1n) is 9.95. The molecular weight excluding hydrogens is 387 g/mol. The van der Waals surface area contributed by atoms with Crippen molar-refractivity contribution in [3.8, 4) is 11.5 Å². The van der Waals surface area contributed by atoms with Crippen LogP contribution in [0.4, 0.5) is 4.39 Å². The third-order valence-electron chi connectivity index (χ3n) is 4.13. The summed E-state index contributed by atoms with van der Waals surface area (Å²) in [5.41, 5.74) is 6.02. The predicted octanol–water partition coefficient (Wildman–Crippen LogP) is 2.60. The van der Waals surface area contributed by atoms with Gasteiger partial charge in [0.15, 0.2) is 24.1 Å². The maximum absolute atomic E-state index is 13.8. The van der Waals surface area contributed by atoms with Crippen LogP contribution in [0.3, 0.4) is 0 Å². The number of ether oxygens (including phenoxy) is 2. The molecule has 162 valence electrons. The lowest BCUT2D eigenvalue weighted by atomic mass is 10.2. The van der Waals surface area contributed by atoms with Crippen molar-refractivity contribution in [2.75, 3.05) is 19.7 Å². The van der Waals surface area contributed by atoms with Crippen LogP contribution < -0.4 is 25.8 Å². The van der Waals surface area contributed by atoms with E-state index in [9.17, 15) is 9.18 Å². The van der Waals surface area contributed by atoms with E-state index in [1.807, 2.05) is 32.0 Å². The van der Waals surface area contributed by atoms with E-state index in [1.54, 1.807) is 24.3 Å². The number of guanidine groups is 1. The summed E-state index contributed by atoms with van der Waals surface area (Å²) in [4.78, 5) is 15.4. The minimum atomic E-state index is -0.528. The highest BCUT2D eigenvalue weighted by molar-refractivity contribution is 5.79. The van der Waals surface area contributed by atoms with Crippen LogP contribution in [-0.4, -0.2) is 37.7 Å². The van der Waals surface area contributed by atoms with Gasteiger partial charge in [0.05, 0.1) is 13.1 Å². The lowest BCUT2D eigenvalue weighted by molar-refractivity contribution is -0.119. The highest BCUT2D eigenvalue weighted by Gasteiger charge is 2.12. The van der Waals surface area contributed by atoms with Gasteiger partial charge in [-0.25, -0.2) is 9.38 Å². The summed E-state index contributed by atoms with van der Waals surface area (Å²) in [6, 6.07) is 13.7. The van der Waals surface area contributed by atoms with Gasteiger partial charge < -0.3 is 25.8 Å². The second-order valence-corrected chi connectivity index (χ2v) is 6.56. The molecule has 2 rings (SSSR count). The number of primary amides is 1. The van der Waals surface area contributed by atoms with Crippen LogP contribution in [0, 0.1) is 5.82 Å². The third kappa shape index (κ3) is 7.98. The Kier molecular flexibility index (Phi) is 9.44. The number of hydrogen-bond donors (Lipinski definition) is 3. The summed E-state index contributed by atoms with van der Waals surface area (Å²) in [6.07, 6.45) is 0.497. The molecule has 0 fully saturated rings. The maximum atomic E-state index is 13.8. The summed E-state index contributed by atoms with van der Waals surface area (Å²) in [6.45, 7) is 5.36. The minimum absolute atomic E-state index is 0.169. The zero-order valence-corrected chi connectivity index (χ0v) is 17.4. The first kappa shape index (κ1) is 23.0. The molecule has 1 unspecified atom stereocenters. The van der Waals surface area contributed by atoms with Gasteiger partial charge in [-0.2, -0.15) is 0 Å². The van der Waals surface area contributed by atoms with E-state index in [-0.39, 0.29) is 24.3 Å². The Balaban J connectivity index is 1.95. The topological polar surface area (TPSA) is 98.0 Å². The fourth-order valence-electron chi connectivity index (χ4n) is 2.60. The molecule has 0 bridgehead atoms. The van der Waals surface area contributed by atoms with E-state index < -0.39 is 5.91 Å². The molecule has 0 saturated carbocycles. The number of hydrogen-bond acceptors (Lipinski definition) is 4. The number of carbonyl (C=O) groups excluding carboxylic acids is 1. The normalized spacial score (nSPS) is 12.2. The Morgan fingerprint density at radius 1 is 1.17 bits per heavy atom. The number of carbonyl (C=O) groups is 1. The quantitative estimate of drug-likeness (QED) is 0.386.